The predicted octanol–water partition coefficient (Wildman–Crippen LogP) is 2.96. The SMILES string of the molecule is O=S(O)NCCCc1ccc(F)c(Nc2ncccc2-c2ncnc3nc[nH]c23)c1. The van der Waals surface area contributed by atoms with E-state index in [-0.39, 0.29) is 5.69 Å². The Balaban J connectivity index is 1.60. The number of aryl methyl sites for hydroxylation is 1. The van der Waals surface area contributed by atoms with Crippen LogP contribution in [-0.2, 0) is 17.7 Å². The zero-order valence-electron chi connectivity index (χ0n) is 15.7. The Morgan fingerprint density at radius 1 is 1.17 bits per heavy atom. The van der Waals surface area contributed by atoms with Crippen molar-refractivity contribution in [2.75, 3.05) is 11.9 Å². The molecule has 0 fully saturated rings. The molecule has 9 nitrogen and oxygen atoms in total. The van der Waals surface area contributed by atoms with Crippen molar-refractivity contribution in [2.45, 2.75) is 12.8 Å². The first-order valence-electron chi connectivity index (χ1n) is 9.11. The minimum atomic E-state index is -2.03. The van der Waals surface area contributed by atoms with Crippen molar-refractivity contribution in [3.63, 3.8) is 0 Å². The third-order valence-corrected chi connectivity index (χ3v) is 4.89. The van der Waals surface area contributed by atoms with E-state index in [1.54, 1.807) is 24.4 Å². The number of anilines is 2. The van der Waals surface area contributed by atoms with Crippen LogP contribution in [0, 0.1) is 5.82 Å². The van der Waals surface area contributed by atoms with E-state index in [0.717, 1.165) is 5.56 Å². The molecular formula is C19H18FN7O2S. The van der Waals surface area contributed by atoms with Gasteiger partial charge < -0.3 is 10.3 Å². The van der Waals surface area contributed by atoms with Crippen molar-refractivity contribution >= 4 is 33.9 Å². The van der Waals surface area contributed by atoms with Crippen molar-refractivity contribution in [1.29, 1.82) is 0 Å². The van der Waals surface area contributed by atoms with Gasteiger partial charge in [-0.05, 0) is 42.7 Å². The van der Waals surface area contributed by atoms with Gasteiger partial charge in [0.2, 0.25) is 11.3 Å². The lowest BCUT2D eigenvalue weighted by Gasteiger charge is -2.13. The van der Waals surface area contributed by atoms with E-state index in [0.29, 0.717) is 47.6 Å². The van der Waals surface area contributed by atoms with E-state index in [1.165, 1.54) is 18.7 Å². The molecule has 0 saturated carbocycles. The first-order valence-corrected chi connectivity index (χ1v) is 10.2. The van der Waals surface area contributed by atoms with Gasteiger partial charge in [-0.25, -0.2) is 33.3 Å². The van der Waals surface area contributed by atoms with Crippen LogP contribution in [0.3, 0.4) is 0 Å². The lowest BCUT2D eigenvalue weighted by molar-refractivity contribution is 0.547. The van der Waals surface area contributed by atoms with Crippen molar-refractivity contribution in [3.05, 3.63) is 60.6 Å². The molecule has 154 valence electrons. The molecular weight excluding hydrogens is 409 g/mol. The Hall–Kier alpha value is -3.28. The van der Waals surface area contributed by atoms with Crippen LogP contribution in [0.2, 0.25) is 0 Å². The van der Waals surface area contributed by atoms with E-state index in [4.69, 9.17) is 4.55 Å². The largest absolute Gasteiger partial charge is 0.341 e. The molecule has 0 aliphatic heterocycles. The quantitative estimate of drug-likeness (QED) is 0.251. The van der Waals surface area contributed by atoms with Gasteiger partial charge in [0.05, 0.1) is 12.0 Å². The van der Waals surface area contributed by atoms with Gasteiger partial charge in [-0.2, -0.15) is 0 Å². The number of H-pyrrole nitrogens is 1. The summed E-state index contributed by atoms with van der Waals surface area (Å²) in [6, 6.07) is 8.38. The molecule has 1 aromatic carbocycles. The molecule has 1 unspecified atom stereocenters. The highest BCUT2D eigenvalue weighted by molar-refractivity contribution is 7.77. The van der Waals surface area contributed by atoms with Crippen LogP contribution in [0.5, 0.6) is 0 Å². The molecule has 0 aliphatic rings. The number of hydrogen-bond acceptors (Lipinski definition) is 6. The third-order valence-electron chi connectivity index (χ3n) is 4.44. The van der Waals surface area contributed by atoms with Gasteiger partial charge in [0.25, 0.3) is 0 Å². The number of nitrogens with one attached hydrogen (secondary N) is 3. The number of imidazole rings is 1. The zero-order chi connectivity index (χ0) is 20.9. The zero-order valence-corrected chi connectivity index (χ0v) is 16.5. The van der Waals surface area contributed by atoms with Crippen molar-refractivity contribution in [2.24, 2.45) is 0 Å². The Morgan fingerprint density at radius 3 is 2.93 bits per heavy atom. The fourth-order valence-electron chi connectivity index (χ4n) is 3.07. The van der Waals surface area contributed by atoms with Crippen LogP contribution >= 0.6 is 0 Å². The maximum atomic E-state index is 14.5. The summed E-state index contributed by atoms with van der Waals surface area (Å²) in [6.45, 7) is 0.377. The summed E-state index contributed by atoms with van der Waals surface area (Å²) in [5, 5.41) is 3.06. The van der Waals surface area contributed by atoms with E-state index >= 15 is 0 Å². The van der Waals surface area contributed by atoms with E-state index in [2.05, 4.69) is 35.0 Å². The highest BCUT2D eigenvalue weighted by atomic mass is 32.2. The number of aromatic nitrogens is 5. The Labute approximate surface area is 173 Å². The second-order valence-corrected chi connectivity index (χ2v) is 7.20. The standard InChI is InChI=1S/C19H18FN7O2S/c20-14-6-5-12(3-1-8-26-30(28)29)9-15(14)27-18-13(4-2-7-21-18)16-17-19(24-10-22-16)25-11-23-17/h2,4-7,9-11,26H,1,3,8H2,(H,21,27)(H,28,29)(H,22,23,24,25). The predicted molar refractivity (Wildman–Crippen MR) is 112 cm³/mol. The minimum Gasteiger partial charge on any atom is -0.341 e. The molecule has 30 heavy (non-hydrogen) atoms. The maximum Gasteiger partial charge on any atom is 0.231 e. The van der Waals surface area contributed by atoms with Crippen LogP contribution in [0.1, 0.15) is 12.0 Å². The molecule has 0 spiro atoms. The van der Waals surface area contributed by atoms with Gasteiger partial charge >= 0.3 is 0 Å². The van der Waals surface area contributed by atoms with Gasteiger partial charge in [0.15, 0.2) is 5.65 Å². The molecule has 4 rings (SSSR count). The summed E-state index contributed by atoms with van der Waals surface area (Å²) in [4.78, 5) is 20.0. The average molecular weight is 427 g/mol. The number of nitrogens with zero attached hydrogens (tertiary/aromatic N) is 4. The smallest absolute Gasteiger partial charge is 0.231 e. The van der Waals surface area contributed by atoms with Crippen LogP contribution in [-0.4, -0.2) is 40.2 Å². The molecule has 4 N–H and O–H groups in total. The summed E-state index contributed by atoms with van der Waals surface area (Å²) < 4.78 is 36.3. The highest BCUT2D eigenvalue weighted by Crippen LogP contribution is 2.31. The fraction of sp³-hybridized carbons (Fsp3) is 0.158. The Bertz CT molecular complexity index is 1200. The average Bonchev–Trinajstić information content (AvgIpc) is 3.23. The van der Waals surface area contributed by atoms with Crippen LogP contribution in [0.15, 0.2) is 49.2 Å². The molecule has 0 bridgehead atoms. The van der Waals surface area contributed by atoms with Gasteiger partial charge in [-0.15, -0.1) is 0 Å². The molecule has 3 heterocycles. The number of halogens is 1. The second kappa shape index (κ2) is 9.03. The summed E-state index contributed by atoms with van der Waals surface area (Å²) in [5.41, 5.74) is 3.64. The first kappa shape index (κ1) is 20.0. The monoisotopic (exact) mass is 427 g/mol. The fourth-order valence-corrected chi connectivity index (χ4v) is 3.39. The van der Waals surface area contributed by atoms with Gasteiger partial charge in [-0.1, -0.05) is 6.07 Å². The van der Waals surface area contributed by atoms with Crippen LogP contribution in [0.4, 0.5) is 15.9 Å². The second-order valence-electron chi connectivity index (χ2n) is 6.41. The van der Waals surface area contributed by atoms with Gasteiger partial charge in [0.1, 0.15) is 29.2 Å². The number of pyridine rings is 1. The summed E-state index contributed by atoms with van der Waals surface area (Å²) in [7, 11) is 0. The summed E-state index contributed by atoms with van der Waals surface area (Å²) >= 11 is -2.03. The van der Waals surface area contributed by atoms with Gasteiger partial charge in [-0.3, -0.25) is 4.55 Å². The molecule has 0 amide bonds. The third kappa shape index (κ3) is 4.48. The lowest BCUT2D eigenvalue weighted by Crippen LogP contribution is -2.17. The molecule has 0 saturated heterocycles. The topological polar surface area (TPSA) is 129 Å². The Morgan fingerprint density at radius 2 is 2.07 bits per heavy atom. The highest BCUT2D eigenvalue weighted by Gasteiger charge is 2.15. The molecule has 3 aromatic heterocycles. The molecule has 0 aliphatic carbocycles. The van der Waals surface area contributed by atoms with Gasteiger partial charge in [0, 0.05) is 18.3 Å². The minimum absolute atomic E-state index is 0.279. The maximum absolute atomic E-state index is 14.5. The van der Waals surface area contributed by atoms with Crippen LogP contribution in [0.25, 0.3) is 22.4 Å². The van der Waals surface area contributed by atoms with E-state index in [1.807, 2.05) is 6.07 Å². The summed E-state index contributed by atoms with van der Waals surface area (Å²) in [5.74, 6) is 0.0276. The number of aromatic amines is 1. The van der Waals surface area contributed by atoms with Crippen molar-refractivity contribution in [1.82, 2.24) is 29.6 Å². The Kier molecular flexibility index (Phi) is 6.02. The first-order chi connectivity index (χ1) is 14.6. The summed E-state index contributed by atoms with van der Waals surface area (Å²) in [6.07, 6.45) is 5.82. The number of fused-ring (bicyclic) bond motifs is 1. The number of hydrogen-bond donors (Lipinski definition) is 4. The molecule has 1 atom stereocenters. The molecule has 11 heteroatoms. The number of rotatable bonds is 8. The molecule has 0 radical (unpaired) electrons. The van der Waals surface area contributed by atoms with Crippen molar-refractivity contribution < 1.29 is 13.2 Å². The normalized spacial score (nSPS) is 12.2. The number of benzene rings is 1. The van der Waals surface area contributed by atoms with Crippen LogP contribution < -0.4 is 10.0 Å². The van der Waals surface area contributed by atoms with E-state index < -0.39 is 17.1 Å². The van der Waals surface area contributed by atoms with E-state index in [9.17, 15) is 8.60 Å². The molecule has 4 aromatic rings. The van der Waals surface area contributed by atoms with Crippen molar-refractivity contribution in [3.8, 4) is 11.3 Å². The lowest BCUT2D eigenvalue weighted by atomic mass is 10.1.